The van der Waals surface area contributed by atoms with Crippen molar-refractivity contribution >= 4 is 17.3 Å². The molecule has 31 heavy (non-hydrogen) atoms. The molecule has 1 atom stereocenters. The molecule has 2 aromatic carbocycles. The Labute approximate surface area is 178 Å². The Hall–Kier alpha value is -3.94. The molecule has 8 heteroatoms. The minimum atomic E-state index is -0.526. The predicted molar refractivity (Wildman–Crippen MR) is 114 cm³/mol. The molecular formula is C23H21N3O5. The molecule has 158 valence electrons. The van der Waals surface area contributed by atoms with Crippen molar-refractivity contribution in [2.75, 3.05) is 6.61 Å². The summed E-state index contributed by atoms with van der Waals surface area (Å²) < 4.78 is 11.0. The summed E-state index contributed by atoms with van der Waals surface area (Å²) in [6.07, 6.45) is 2.04. The van der Waals surface area contributed by atoms with Gasteiger partial charge in [-0.05, 0) is 43.2 Å². The summed E-state index contributed by atoms with van der Waals surface area (Å²) in [6, 6.07) is 15.7. The lowest BCUT2D eigenvalue weighted by Crippen LogP contribution is -2.31. The van der Waals surface area contributed by atoms with Gasteiger partial charge in [0.25, 0.3) is 5.91 Å². The minimum absolute atomic E-state index is 0.0421. The maximum Gasteiger partial charge on any atom is 0.311 e. The first-order chi connectivity index (χ1) is 14.9. The Morgan fingerprint density at radius 1 is 1.19 bits per heavy atom. The van der Waals surface area contributed by atoms with Crippen LogP contribution in [0, 0.1) is 24.0 Å². The van der Waals surface area contributed by atoms with Gasteiger partial charge >= 0.3 is 5.69 Å². The van der Waals surface area contributed by atoms with Gasteiger partial charge in [-0.2, -0.15) is 5.10 Å². The molecule has 0 bridgehead atoms. The van der Waals surface area contributed by atoms with E-state index in [2.05, 4.69) is 5.10 Å². The molecule has 8 nitrogen and oxygen atoms in total. The van der Waals surface area contributed by atoms with Gasteiger partial charge in [0, 0.05) is 12.5 Å². The molecule has 1 amide bonds. The van der Waals surface area contributed by atoms with Crippen molar-refractivity contribution in [2.24, 2.45) is 5.10 Å². The van der Waals surface area contributed by atoms with Crippen LogP contribution in [-0.2, 0) is 4.79 Å². The third-order valence-electron chi connectivity index (χ3n) is 5.08. The third-order valence-corrected chi connectivity index (χ3v) is 5.08. The first-order valence-corrected chi connectivity index (χ1v) is 9.80. The quantitative estimate of drug-likeness (QED) is 0.431. The normalized spacial score (nSPS) is 15.6. The molecule has 0 saturated carbocycles. The standard InChI is InChI=1S/C23H21N3O5/c1-15-5-8-17(9-6-15)18-13-19(21-4-3-11-30-21)25(24-18)23(27)14-31-22-10-7-16(2)12-20(22)26(28)29/h3-12,19H,13-14H2,1-2H3. The van der Waals surface area contributed by atoms with Crippen molar-refractivity contribution in [1.29, 1.82) is 0 Å². The van der Waals surface area contributed by atoms with E-state index in [1.165, 1.54) is 17.1 Å². The fraction of sp³-hybridized carbons (Fsp3) is 0.217. The molecule has 1 aliphatic heterocycles. The number of carbonyl (C=O) groups excluding carboxylic acids is 1. The van der Waals surface area contributed by atoms with Crippen LogP contribution < -0.4 is 4.74 Å². The second-order valence-electron chi connectivity index (χ2n) is 7.40. The highest BCUT2D eigenvalue weighted by Gasteiger charge is 2.35. The van der Waals surface area contributed by atoms with Crippen molar-refractivity contribution in [3.8, 4) is 5.75 Å². The van der Waals surface area contributed by atoms with Crippen molar-refractivity contribution in [1.82, 2.24) is 5.01 Å². The first kappa shape index (κ1) is 20.3. The van der Waals surface area contributed by atoms with E-state index in [0.29, 0.717) is 12.2 Å². The zero-order chi connectivity index (χ0) is 22.0. The summed E-state index contributed by atoms with van der Waals surface area (Å²) in [5.41, 5.74) is 3.37. The Kier molecular flexibility index (Phi) is 5.53. The lowest BCUT2D eigenvalue weighted by Gasteiger charge is -2.20. The van der Waals surface area contributed by atoms with Crippen LogP contribution in [0.5, 0.6) is 5.75 Å². The molecule has 0 spiro atoms. The molecule has 2 heterocycles. The molecule has 0 saturated heterocycles. The van der Waals surface area contributed by atoms with Crippen LogP contribution >= 0.6 is 0 Å². The van der Waals surface area contributed by atoms with Crippen LogP contribution in [-0.4, -0.2) is 28.2 Å². The van der Waals surface area contributed by atoms with Gasteiger partial charge in [0.2, 0.25) is 0 Å². The summed E-state index contributed by atoms with van der Waals surface area (Å²) in [6.45, 7) is 3.37. The van der Waals surface area contributed by atoms with Crippen molar-refractivity contribution in [3.05, 3.63) is 93.4 Å². The maximum atomic E-state index is 13.0. The number of hydrogen-bond donors (Lipinski definition) is 0. The maximum absolute atomic E-state index is 13.0. The van der Waals surface area contributed by atoms with Gasteiger partial charge in [-0.3, -0.25) is 14.9 Å². The van der Waals surface area contributed by atoms with E-state index in [0.717, 1.165) is 22.4 Å². The summed E-state index contributed by atoms with van der Waals surface area (Å²) in [4.78, 5) is 23.8. The van der Waals surface area contributed by atoms with Gasteiger partial charge in [-0.25, -0.2) is 5.01 Å². The second-order valence-corrected chi connectivity index (χ2v) is 7.40. The van der Waals surface area contributed by atoms with Crippen LogP contribution in [0.3, 0.4) is 0 Å². The molecule has 0 fully saturated rings. The molecule has 1 aromatic heterocycles. The smallest absolute Gasteiger partial charge is 0.311 e. The number of furan rings is 1. The van der Waals surface area contributed by atoms with Gasteiger partial charge < -0.3 is 9.15 Å². The highest BCUT2D eigenvalue weighted by molar-refractivity contribution is 6.03. The Bertz CT molecular complexity index is 1140. The van der Waals surface area contributed by atoms with Crippen LogP contribution in [0.4, 0.5) is 5.69 Å². The fourth-order valence-electron chi connectivity index (χ4n) is 3.46. The number of nitro benzene ring substituents is 1. The van der Waals surface area contributed by atoms with Gasteiger partial charge in [0.15, 0.2) is 12.4 Å². The molecular weight excluding hydrogens is 398 g/mol. The molecule has 0 radical (unpaired) electrons. The number of nitro groups is 1. The third kappa shape index (κ3) is 4.32. The van der Waals surface area contributed by atoms with Crippen molar-refractivity contribution in [2.45, 2.75) is 26.3 Å². The number of carbonyl (C=O) groups is 1. The average molecular weight is 419 g/mol. The second kappa shape index (κ2) is 8.43. The van der Waals surface area contributed by atoms with Gasteiger partial charge in [0.05, 0.1) is 16.9 Å². The number of aryl methyl sites for hydroxylation is 2. The Balaban J connectivity index is 1.57. The van der Waals surface area contributed by atoms with Crippen molar-refractivity contribution in [3.63, 3.8) is 0 Å². The van der Waals surface area contributed by atoms with Crippen LogP contribution in [0.25, 0.3) is 0 Å². The average Bonchev–Trinajstić information content (AvgIpc) is 3.43. The van der Waals surface area contributed by atoms with Gasteiger partial charge in [-0.1, -0.05) is 35.9 Å². The topological polar surface area (TPSA) is 98.2 Å². The summed E-state index contributed by atoms with van der Waals surface area (Å²) >= 11 is 0. The molecule has 3 aromatic rings. The van der Waals surface area contributed by atoms with E-state index >= 15 is 0 Å². The highest BCUT2D eigenvalue weighted by atomic mass is 16.6. The molecule has 0 N–H and O–H groups in total. The summed E-state index contributed by atoms with van der Waals surface area (Å²) in [5.74, 6) is 0.236. The number of hydrogen-bond acceptors (Lipinski definition) is 6. The number of nitrogens with zero attached hydrogens (tertiary/aromatic N) is 3. The van der Waals surface area contributed by atoms with E-state index in [1.807, 2.05) is 31.2 Å². The van der Waals surface area contributed by atoms with Crippen LogP contribution in [0.15, 0.2) is 70.4 Å². The highest BCUT2D eigenvalue weighted by Crippen LogP contribution is 2.34. The lowest BCUT2D eigenvalue weighted by molar-refractivity contribution is -0.385. The molecule has 1 unspecified atom stereocenters. The first-order valence-electron chi connectivity index (χ1n) is 9.80. The van der Waals surface area contributed by atoms with Gasteiger partial charge in [0.1, 0.15) is 11.8 Å². The SMILES string of the molecule is Cc1ccc(C2=NN(C(=O)COc3ccc(C)cc3[N+](=O)[O-])C(c3ccco3)C2)cc1. The number of hydrazone groups is 1. The van der Waals surface area contributed by atoms with Gasteiger partial charge in [-0.15, -0.1) is 0 Å². The Morgan fingerprint density at radius 2 is 1.94 bits per heavy atom. The molecule has 0 aliphatic carbocycles. The van der Waals surface area contributed by atoms with Crippen LogP contribution in [0.1, 0.15) is 34.9 Å². The fourth-order valence-corrected chi connectivity index (χ4v) is 3.46. The zero-order valence-electron chi connectivity index (χ0n) is 17.1. The number of rotatable bonds is 6. The number of benzene rings is 2. The monoisotopic (exact) mass is 419 g/mol. The van der Waals surface area contributed by atoms with E-state index < -0.39 is 16.9 Å². The zero-order valence-corrected chi connectivity index (χ0v) is 17.1. The lowest BCUT2D eigenvalue weighted by atomic mass is 10.0. The Morgan fingerprint density at radius 3 is 2.61 bits per heavy atom. The largest absolute Gasteiger partial charge is 0.477 e. The van der Waals surface area contributed by atoms with Crippen molar-refractivity contribution < 1.29 is 18.9 Å². The van der Waals surface area contributed by atoms with E-state index in [9.17, 15) is 14.9 Å². The number of amides is 1. The van der Waals surface area contributed by atoms with E-state index in [4.69, 9.17) is 9.15 Å². The van der Waals surface area contributed by atoms with E-state index in [1.54, 1.807) is 31.4 Å². The molecule has 1 aliphatic rings. The van der Waals surface area contributed by atoms with Crippen LogP contribution in [0.2, 0.25) is 0 Å². The summed E-state index contributed by atoms with van der Waals surface area (Å²) in [5, 5.41) is 17.2. The van der Waals surface area contributed by atoms with E-state index in [-0.39, 0.29) is 18.0 Å². The number of ether oxygens (including phenoxy) is 1. The minimum Gasteiger partial charge on any atom is -0.477 e. The molecule has 4 rings (SSSR count). The predicted octanol–water partition coefficient (Wildman–Crippen LogP) is 4.56. The summed E-state index contributed by atoms with van der Waals surface area (Å²) in [7, 11) is 0.